The van der Waals surface area contributed by atoms with E-state index in [-0.39, 0.29) is 11.5 Å². The Balaban J connectivity index is 1.49. The summed E-state index contributed by atoms with van der Waals surface area (Å²) in [6, 6.07) is 0. The van der Waals surface area contributed by atoms with E-state index in [0.717, 1.165) is 30.6 Å². The lowest BCUT2D eigenvalue weighted by molar-refractivity contribution is -0.279. The van der Waals surface area contributed by atoms with Crippen LogP contribution >= 0.6 is 0 Å². The van der Waals surface area contributed by atoms with Crippen LogP contribution in [0.2, 0.25) is 0 Å². The van der Waals surface area contributed by atoms with Crippen LogP contribution in [-0.4, -0.2) is 30.2 Å². The maximum atomic E-state index is 11.4. The molecule has 0 aromatic rings. The van der Waals surface area contributed by atoms with E-state index in [1.165, 1.54) is 38.5 Å². The molecule has 1 saturated heterocycles. The Hall–Kier alpha value is -0.120. The van der Waals surface area contributed by atoms with E-state index in [4.69, 9.17) is 9.47 Å². The molecule has 0 aromatic carbocycles. The normalized spacial score (nSPS) is 57.1. The highest BCUT2D eigenvalue weighted by Gasteiger charge is 2.70. The van der Waals surface area contributed by atoms with Crippen LogP contribution < -0.4 is 0 Å². The third kappa shape index (κ3) is 2.04. The molecule has 1 spiro atoms. The minimum Gasteiger partial charge on any atom is -0.392 e. The van der Waals surface area contributed by atoms with E-state index in [1.54, 1.807) is 0 Å². The van der Waals surface area contributed by atoms with Gasteiger partial charge in [-0.15, -0.1) is 0 Å². The van der Waals surface area contributed by atoms with Crippen molar-refractivity contribution in [2.45, 2.75) is 84.0 Å². The van der Waals surface area contributed by atoms with Gasteiger partial charge in [0.1, 0.15) is 0 Å². The summed E-state index contributed by atoms with van der Waals surface area (Å²) in [5, 5.41) is 11.4. The minimum absolute atomic E-state index is 0.212. The first-order valence-electron chi connectivity index (χ1n) is 10.9. The summed E-state index contributed by atoms with van der Waals surface area (Å²) in [7, 11) is 0. The number of hydrogen-bond acceptors (Lipinski definition) is 3. The van der Waals surface area contributed by atoms with Crippen LogP contribution in [0, 0.1) is 40.4 Å². The largest absolute Gasteiger partial charge is 0.392 e. The molecule has 1 aliphatic heterocycles. The van der Waals surface area contributed by atoms with Crippen LogP contribution in [0.4, 0.5) is 0 Å². The van der Waals surface area contributed by atoms with Crippen LogP contribution in [0.1, 0.15) is 72.1 Å². The molecule has 5 aliphatic rings. The first-order chi connectivity index (χ1) is 11.9. The third-order valence-electron chi connectivity index (χ3n) is 9.82. The second-order valence-corrected chi connectivity index (χ2v) is 10.6. The first kappa shape index (κ1) is 17.0. The van der Waals surface area contributed by atoms with E-state index < -0.39 is 5.79 Å². The van der Waals surface area contributed by atoms with Gasteiger partial charge < -0.3 is 14.6 Å². The Morgan fingerprint density at radius 3 is 2.40 bits per heavy atom. The molecule has 0 aromatic heterocycles. The maximum absolute atomic E-state index is 11.4. The molecule has 0 radical (unpaired) electrons. The summed E-state index contributed by atoms with van der Waals surface area (Å²) in [6.45, 7) is 8.69. The van der Waals surface area contributed by atoms with Gasteiger partial charge in [0.05, 0.1) is 24.7 Å². The Labute approximate surface area is 152 Å². The Morgan fingerprint density at radius 1 is 0.880 bits per heavy atom. The van der Waals surface area contributed by atoms with E-state index in [0.29, 0.717) is 30.5 Å². The Kier molecular flexibility index (Phi) is 3.71. The standard InChI is InChI=1S/C22H36O3/c1-14-6-8-20(2)15(12-14)4-5-16-17-7-9-22(24-10-11-25-22)21(17,3)19(23)13-18(16)20/h14-19,23H,4-13H2,1-3H3/t14-,15-,16+,17+,18?,19?,20+,21-/m1/s1. The number of hydrogen-bond donors (Lipinski definition) is 1. The molecular weight excluding hydrogens is 312 g/mol. The summed E-state index contributed by atoms with van der Waals surface area (Å²) in [6.07, 6.45) is 9.76. The van der Waals surface area contributed by atoms with Crippen LogP contribution in [0.5, 0.6) is 0 Å². The van der Waals surface area contributed by atoms with Crippen molar-refractivity contribution >= 4 is 0 Å². The van der Waals surface area contributed by atoms with Gasteiger partial charge in [-0.1, -0.05) is 27.2 Å². The smallest absolute Gasteiger partial charge is 0.176 e. The first-order valence-corrected chi connectivity index (χ1v) is 10.9. The van der Waals surface area contributed by atoms with E-state index in [1.807, 2.05) is 0 Å². The highest BCUT2D eigenvalue weighted by molar-refractivity contribution is 5.15. The van der Waals surface area contributed by atoms with Crippen LogP contribution in [0.3, 0.4) is 0 Å². The van der Waals surface area contributed by atoms with Crippen molar-refractivity contribution in [1.29, 1.82) is 0 Å². The number of fused-ring (bicyclic) bond motifs is 6. The summed E-state index contributed by atoms with van der Waals surface area (Å²) in [4.78, 5) is 0. The van der Waals surface area contributed by atoms with Gasteiger partial charge in [0.25, 0.3) is 0 Å². The Morgan fingerprint density at radius 2 is 1.64 bits per heavy atom. The monoisotopic (exact) mass is 348 g/mol. The van der Waals surface area contributed by atoms with Gasteiger partial charge in [-0.25, -0.2) is 0 Å². The van der Waals surface area contributed by atoms with Crippen molar-refractivity contribution in [3.8, 4) is 0 Å². The van der Waals surface area contributed by atoms with Crippen molar-refractivity contribution in [1.82, 2.24) is 0 Å². The average Bonchev–Trinajstić information content (AvgIpc) is 3.18. The molecule has 8 atom stereocenters. The maximum Gasteiger partial charge on any atom is 0.176 e. The molecule has 142 valence electrons. The molecule has 25 heavy (non-hydrogen) atoms. The second-order valence-electron chi connectivity index (χ2n) is 10.6. The Bertz CT molecular complexity index is 541. The summed E-state index contributed by atoms with van der Waals surface area (Å²) >= 11 is 0. The number of aliphatic hydroxyl groups excluding tert-OH is 1. The highest BCUT2D eigenvalue weighted by Crippen LogP contribution is 2.69. The molecule has 5 rings (SSSR count). The third-order valence-corrected chi connectivity index (χ3v) is 9.82. The fourth-order valence-corrected chi connectivity index (χ4v) is 8.33. The van der Waals surface area contributed by atoms with Gasteiger partial charge in [-0.2, -0.15) is 0 Å². The number of ether oxygens (including phenoxy) is 2. The van der Waals surface area contributed by atoms with Crippen molar-refractivity contribution in [2.75, 3.05) is 13.2 Å². The fourth-order valence-electron chi connectivity index (χ4n) is 8.33. The average molecular weight is 349 g/mol. The second kappa shape index (κ2) is 5.45. The molecular formula is C22H36O3. The zero-order valence-corrected chi connectivity index (χ0v) is 16.3. The molecule has 0 amide bonds. The lowest BCUT2D eigenvalue weighted by Crippen LogP contribution is -2.62. The summed E-state index contributed by atoms with van der Waals surface area (Å²) in [5.41, 5.74) is 0.237. The molecule has 2 unspecified atom stereocenters. The summed E-state index contributed by atoms with van der Waals surface area (Å²) in [5.74, 6) is 3.29. The molecule has 0 bridgehead atoms. The predicted molar refractivity (Wildman–Crippen MR) is 96.9 cm³/mol. The van der Waals surface area contributed by atoms with Crippen molar-refractivity contribution in [3.05, 3.63) is 0 Å². The lowest BCUT2D eigenvalue weighted by atomic mass is 9.44. The molecule has 4 aliphatic carbocycles. The zero-order valence-electron chi connectivity index (χ0n) is 16.3. The van der Waals surface area contributed by atoms with Crippen LogP contribution in [0.25, 0.3) is 0 Å². The summed E-state index contributed by atoms with van der Waals surface area (Å²) < 4.78 is 12.4. The van der Waals surface area contributed by atoms with Gasteiger partial charge in [-0.3, -0.25) is 0 Å². The zero-order chi connectivity index (χ0) is 17.4. The van der Waals surface area contributed by atoms with Crippen molar-refractivity contribution in [3.63, 3.8) is 0 Å². The van der Waals surface area contributed by atoms with Gasteiger partial charge in [0.2, 0.25) is 0 Å². The van der Waals surface area contributed by atoms with E-state index in [2.05, 4.69) is 20.8 Å². The van der Waals surface area contributed by atoms with Gasteiger partial charge >= 0.3 is 0 Å². The molecule has 1 N–H and O–H groups in total. The molecule has 3 heteroatoms. The highest BCUT2D eigenvalue weighted by atomic mass is 16.7. The van der Waals surface area contributed by atoms with Crippen LogP contribution in [-0.2, 0) is 9.47 Å². The quantitative estimate of drug-likeness (QED) is 0.706. The number of rotatable bonds is 0. The van der Waals surface area contributed by atoms with Crippen LogP contribution in [0.15, 0.2) is 0 Å². The predicted octanol–water partition coefficient (Wildman–Crippen LogP) is 4.38. The van der Waals surface area contributed by atoms with Gasteiger partial charge in [0, 0.05) is 6.42 Å². The van der Waals surface area contributed by atoms with E-state index >= 15 is 0 Å². The van der Waals surface area contributed by atoms with Gasteiger partial charge in [-0.05, 0) is 73.5 Å². The van der Waals surface area contributed by atoms with Crippen molar-refractivity contribution < 1.29 is 14.6 Å². The molecule has 4 saturated carbocycles. The van der Waals surface area contributed by atoms with Gasteiger partial charge in [0.15, 0.2) is 5.79 Å². The lowest BCUT2D eigenvalue weighted by Gasteiger charge is -2.62. The minimum atomic E-state index is -0.499. The SMILES string of the molecule is C[C@@H]1CC[C@]2(C)C3CC(O)[C@@]4(C)[C@@H](CCC45OCCO5)[C@@H]3CC[C@@H]2C1. The fraction of sp³-hybridized carbons (Fsp3) is 1.00. The topological polar surface area (TPSA) is 38.7 Å². The number of aliphatic hydroxyl groups is 1. The van der Waals surface area contributed by atoms with E-state index in [9.17, 15) is 5.11 Å². The molecule has 1 heterocycles. The molecule has 3 nitrogen and oxygen atoms in total. The molecule has 5 fully saturated rings. The van der Waals surface area contributed by atoms with Crippen molar-refractivity contribution in [2.24, 2.45) is 40.4 Å².